The summed E-state index contributed by atoms with van der Waals surface area (Å²) in [7, 11) is 1.18. The fourth-order valence-electron chi connectivity index (χ4n) is 1.80. The van der Waals surface area contributed by atoms with Gasteiger partial charge in [-0.25, -0.2) is 0 Å². The van der Waals surface area contributed by atoms with Crippen molar-refractivity contribution in [3.8, 4) is 5.75 Å². The molecule has 1 aliphatic rings. The molecule has 24 heavy (non-hydrogen) atoms. The number of hydrogen-bond donors (Lipinski definition) is 1. The highest BCUT2D eigenvalue weighted by Gasteiger charge is 2.36. The molecule has 0 bridgehead atoms. The summed E-state index contributed by atoms with van der Waals surface area (Å²) in [5, 5.41) is -0.530. The van der Waals surface area contributed by atoms with Crippen molar-refractivity contribution in [2.45, 2.75) is 0 Å². The van der Waals surface area contributed by atoms with Crippen molar-refractivity contribution in [3.05, 3.63) is 34.7 Å². The van der Waals surface area contributed by atoms with E-state index in [9.17, 15) is 19.2 Å². The van der Waals surface area contributed by atoms with E-state index < -0.39 is 29.6 Å². The van der Waals surface area contributed by atoms with Gasteiger partial charge in [-0.3, -0.25) is 24.1 Å². The molecule has 0 spiro atoms. The van der Waals surface area contributed by atoms with Crippen LogP contribution in [0.4, 0.5) is 4.79 Å². The van der Waals surface area contributed by atoms with Crippen LogP contribution in [0.15, 0.2) is 29.2 Å². The minimum Gasteiger partial charge on any atom is -0.484 e. The molecule has 0 atom stereocenters. The first-order valence-electron chi connectivity index (χ1n) is 6.74. The van der Waals surface area contributed by atoms with E-state index in [-0.39, 0.29) is 11.5 Å². The predicted octanol–water partition coefficient (Wildman–Crippen LogP) is 0.760. The molecule has 1 aliphatic heterocycles. The maximum atomic E-state index is 12.1. The highest BCUT2D eigenvalue weighted by Crippen LogP contribution is 2.32. The van der Waals surface area contributed by atoms with Gasteiger partial charge in [-0.05, 0) is 35.5 Å². The fourth-order valence-corrected chi connectivity index (χ4v) is 2.63. The number of benzene rings is 1. The first-order valence-corrected chi connectivity index (χ1v) is 7.55. The number of rotatable bonds is 6. The van der Waals surface area contributed by atoms with E-state index in [1.165, 1.54) is 13.2 Å². The molecule has 1 aromatic rings. The molecule has 1 saturated heterocycles. The van der Waals surface area contributed by atoms with Gasteiger partial charge in [0.25, 0.3) is 17.1 Å². The van der Waals surface area contributed by atoms with Crippen molar-refractivity contribution in [1.82, 2.24) is 4.90 Å². The van der Waals surface area contributed by atoms with E-state index in [0.29, 0.717) is 11.3 Å². The topological polar surface area (TPSA) is 116 Å². The third-order valence-electron chi connectivity index (χ3n) is 2.95. The van der Waals surface area contributed by atoms with Gasteiger partial charge in [0.2, 0.25) is 0 Å². The molecular weight excluding hydrogens is 336 g/mol. The number of esters is 1. The molecule has 9 heteroatoms. The first-order chi connectivity index (χ1) is 11.4. The molecular formula is C15H14N2O6S. The third-order valence-corrected chi connectivity index (χ3v) is 3.85. The largest absolute Gasteiger partial charge is 0.484 e. The number of ether oxygens (including phenoxy) is 2. The zero-order chi connectivity index (χ0) is 17.7. The second-order valence-corrected chi connectivity index (χ2v) is 5.66. The molecule has 8 nitrogen and oxygen atoms in total. The van der Waals surface area contributed by atoms with Crippen molar-refractivity contribution < 1.29 is 28.7 Å². The molecule has 0 unspecified atom stereocenters. The number of amides is 3. The zero-order valence-electron chi connectivity index (χ0n) is 12.7. The van der Waals surface area contributed by atoms with Crippen LogP contribution in [-0.4, -0.2) is 48.2 Å². The molecule has 0 radical (unpaired) electrons. The van der Waals surface area contributed by atoms with Gasteiger partial charge in [-0.1, -0.05) is 12.1 Å². The van der Waals surface area contributed by atoms with Crippen LogP contribution in [0.3, 0.4) is 0 Å². The van der Waals surface area contributed by atoms with Gasteiger partial charge in [0.1, 0.15) is 12.3 Å². The Kier molecular flexibility index (Phi) is 5.59. The molecule has 1 fully saturated rings. The van der Waals surface area contributed by atoms with Crippen molar-refractivity contribution >= 4 is 40.9 Å². The molecule has 1 heterocycles. The van der Waals surface area contributed by atoms with Crippen LogP contribution in [0.1, 0.15) is 5.56 Å². The first kappa shape index (κ1) is 17.5. The number of hydrogen-bond acceptors (Lipinski definition) is 7. The number of imide groups is 1. The SMILES string of the molecule is COC(=O)CN1C(=O)S/C(=C\c2ccc(OCC(N)=O)cc2)C1=O. The summed E-state index contributed by atoms with van der Waals surface area (Å²) in [5.41, 5.74) is 5.64. The van der Waals surface area contributed by atoms with Crippen molar-refractivity contribution in [3.63, 3.8) is 0 Å². The predicted molar refractivity (Wildman–Crippen MR) is 85.8 cm³/mol. The standard InChI is InChI=1S/C15H14N2O6S/c1-22-13(19)7-17-14(20)11(24-15(17)21)6-9-2-4-10(5-3-9)23-8-12(16)18/h2-6H,7-8H2,1H3,(H2,16,18)/b11-6-. The highest BCUT2D eigenvalue weighted by molar-refractivity contribution is 8.18. The van der Waals surface area contributed by atoms with Crippen LogP contribution in [0.5, 0.6) is 5.75 Å². The van der Waals surface area contributed by atoms with Gasteiger partial charge in [0.15, 0.2) is 6.61 Å². The van der Waals surface area contributed by atoms with Gasteiger partial charge >= 0.3 is 5.97 Å². The summed E-state index contributed by atoms with van der Waals surface area (Å²) in [4.78, 5) is 46.8. The number of thioether (sulfide) groups is 1. The van der Waals surface area contributed by atoms with Crippen LogP contribution in [0, 0.1) is 0 Å². The molecule has 126 valence electrons. The Morgan fingerprint density at radius 1 is 1.25 bits per heavy atom. The molecule has 0 saturated carbocycles. The Labute approximate surface area is 141 Å². The highest BCUT2D eigenvalue weighted by atomic mass is 32.2. The molecule has 3 amide bonds. The summed E-state index contributed by atoms with van der Waals surface area (Å²) >= 11 is 0.746. The van der Waals surface area contributed by atoms with Gasteiger partial charge in [0.05, 0.1) is 12.0 Å². The number of primary amides is 1. The Morgan fingerprint density at radius 3 is 2.50 bits per heavy atom. The number of nitrogens with zero attached hydrogens (tertiary/aromatic N) is 1. The van der Waals surface area contributed by atoms with Crippen LogP contribution in [-0.2, 0) is 19.1 Å². The molecule has 2 N–H and O–H groups in total. The van der Waals surface area contributed by atoms with Crippen molar-refractivity contribution in [2.24, 2.45) is 5.73 Å². The maximum absolute atomic E-state index is 12.1. The zero-order valence-corrected chi connectivity index (χ0v) is 13.5. The number of methoxy groups -OCH3 is 1. The van der Waals surface area contributed by atoms with E-state index in [4.69, 9.17) is 10.5 Å². The molecule has 0 aromatic heterocycles. The van der Waals surface area contributed by atoms with E-state index in [2.05, 4.69) is 4.74 Å². The molecule has 1 aromatic carbocycles. The van der Waals surface area contributed by atoms with Gasteiger partial charge in [0, 0.05) is 0 Å². The lowest BCUT2D eigenvalue weighted by atomic mass is 10.2. The maximum Gasteiger partial charge on any atom is 0.325 e. The van der Waals surface area contributed by atoms with Crippen LogP contribution < -0.4 is 10.5 Å². The number of carbonyl (C=O) groups excluding carboxylic acids is 4. The van der Waals surface area contributed by atoms with Crippen molar-refractivity contribution in [1.29, 1.82) is 0 Å². The summed E-state index contributed by atoms with van der Waals surface area (Å²) in [6, 6.07) is 6.52. The quantitative estimate of drug-likeness (QED) is 0.595. The number of nitrogens with two attached hydrogens (primary N) is 1. The monoisotopic (exact) mass is 350 g/mol. The van der Waals surface area contributed by atoms with Crippen molar-refractivity contribution in [2.75, 3.05) is 20.3 Å². The lowest BCUT2D eigenvalue weighted by Gasteiger charge is -2.09. The Hall–Kier alpha value is -2.81. The van der Waals surface area contributed by atoms with E-state index in [1.54, 1.807) is 24.3 Å². The smallest absolute Gasteiger partial charge is 0.325 e. The minimum absolute atomic E-state index is 0.203. The lowest BCUT2D eigenvalue weighted by molar-refractivity contribution is -0.143. The summed E-state index contributed by atoms with van der Waals surface area (Å²) in [6.45, 7) is -0.649. The summed E-state index contributed by atoms with van der Waals surface area (Å²) in [6.07, 6.45) is 1.53. The van der Waals surface area contributed by atoms with Gasteiger partial charge < -0.3 is 15.2 Å². The molecule has 2 rings (SSSR count). The fraction of sp³-hybridized carbons (Fsp3) is 0.200. The van der Waals surface area contributed by atoms with Gasteiger partial charge in [-0.2, -0.15) is 0 Å². The van der Waals surface area contributed by atoms with E-state index >= 15 is 0 Å². The molecule has 0 aliphatic carbocycles. The normalized spacial score (nSPS) is 15.7. The second-order valence-electron chi connectivity index (χ2n) is 4.67. The van der Waals surface area contributed by atoms with Crippen LogP contribution in [0.25, 0.3) is 6.08 Å². The average Bonchev–Trinajstić information content (AvgIpc) is 2.81. The summed E-state index contributed by atoms with van der Waals surface area (Å²) < 4.78 is 9.58. The summed E-state index contributed by atoms with van der Waals surface area (Å²) in [5.74, 6) is -1.36. The lowest BCUT2D eigenvalue weighted by Crippen LogP contribution is -2.34. The third kappa shape index (κ3) is 4.35. The van der Waals surface area contributed by atoms with Gasteiger partial charge in [-0.15, -0.1) is 0 Å². The second kappa shape index (κ2) is 7.64. The van der Waals surface area contributed by atoms with E-state index in [1.807, 2.05) is 0 Å². The van der Waals surface area contributed by atoms with E-state index in [0.717, 1.165) is 16.7 Å². The Morgan fingerprint density at radius 2 is 1.92 bits per heavy atom. The van der Waals surface area contributed by atoms with Crippen LogP contribution in [0.2, 0.25) is 0 Å². The Bertz CT molecular complexity index is 713. The minimum atomic E-state index is -0.672. The van der Waals surface area contributed by atoms with Crippen LogP contribution >= 0.6 is 11.8 Å². The number of carbonyl (C=O) groups is 4. The Balaban J connectivity index is 2.08. The average molecular weight is 350 g/mol.